The molecule has 0 radical (unpaired) electrons. The number of nitrogens with zero attached hydrogens (tertiary/aromatic N) is 1. The molecular weight excluding hydrogens is 281 g/mol. The lowest BCUT2D eigenvalue weighted by Crippen LogP contribution is -2.16. The fourth-order valence-electron chi connectivity index (χ4n) is 1.77. The average Bonchev–Trinajstić information content (AvgIpc) is 2.88. The Labute approximate surface area is 127 Å². The van der Waals surface area contributed by atoms with Gasteiger partial charge < -0.3 is 10.3 Å². The van der Waals surface area contributed by atoms with Crippen LogP contribution in [0.3, 0.4) is 0 Å². The van der Waals surface area contributed by atoms with Gasteiger partial charge in [0.05, 0.1) is 6.33 Å². The summed E-state index contributed by atoms with van der Waals surface area (Å²) in [7, 11) is 0. The van der Waals surface area contributed by atoms with E-state index in [-0.39, 0.29) is 24.8 Å². The van der Waals surface area contributed by atoms with Gasteiger partial charge in [-0.25, -0.2) is 4.98 Å². The van der Waals surface area contributed by atoms with Crippen molar-refractivity contribution in [3.05, 3.63) is 53.6 Å². The number of aromatic amines is 1. The van der Waals surface area contributed by atoms with E-state index in [1.54, 1.807) is 6.33 Å². The lowest BCUT2D eigenvalue weighted by molar-refractivity contribution is 0.681. The van der Waals surface area contributed by atoms with Gasteiger partial charge in [-0.15, -0.1) is 24.8 Å². The van der Waals surface area contributed by atoms with Crippen LogP contribution in [0, 0.1) is 0 Å². The Balaban J connectivity index is 0.00000162. The zero-order valence-corrected chi connectivity index (χ0v) is 12.7. The highest BCUT2D eigenvalue weighted by Gasteiger charge is 1.95. The molecule has 5 heteroatoms. The number of benzene rings is 1. The van der Waals surface area contributed by atoms with Crippen molar-refractivity contribution in [1.29, 1.82) is 0 Å². The van der Waals surface area contributed by atoms with Crippen molar-refractivity contribution in [1.82, 2.24) is 15.3 Å². The second-order valence-electron chi connectivity index (χ2n) is 4.17. The first kappa shape index (κ1) is 18.0. The smallest absolute Gasteiger partial charge is 0.0921 e. The summed E-state index contributed by atoms with van der Waals surface area (Å²) < 4.78 is 0. The first-order chi connectivity index (χ1) is 8.38. The Morgan fingerprint density at radius 3 is 2.37 bits per heavy atom. The second kappa shape index (κ2) is 9.84. The molecule has 0 aliphatic rings. The van der Waals surface area contributed by atoms with E-state index < -0.39 is 0 Å². The zero-order chi connectivity index (χ0) is 11.9. The molecule has 0 atom stereocenters. The van der Waals surface area contributed by atoms with Crippen molar-refractivity contribution in [3.63, 3.8) is 0 Å². The minimum atomic E-state index is 0. The normalized spacial score (nSPS) is 9.53. The van der Waals surface area contributed by atoms with Crippen molar-refractivity contribution in [2.45, 2.75) is 26.3 Å². The fourth-order valence-corrected chi connectivity index (χ4v) is 1.77. The van der Waals surface area contributed by atoms with Gasteiger partial charge in [0, 0.05) is 31.4 Å². The lowest BCUT2D eigenvalue weighted by Gasteiger charge is -2.05. The highest BCUT2D eigenvalue weighted by Crippen LogP contribution is 2.04. The van der Waals surface area contributed by atoms with Crippen molar-refractivity contribution in [3.8, 4) is 0 Å². The molecule has 0 spiro atoms. The minimum absolute atomic E-state index is 0. The molecule has 0 saturated carbocycles. The van der Waals surface area contributed by atoms with Crippen LogP contribution in [0.15, 0.2) is 36.8 Å². The predicted octanol–water partition coefficient (Wildman–Crippen LogP) is 3.15. The molecule has 2 aromatic rings. The third kappa shape index (κ3) is 6.10. The summed E-state index contributed by atoms with van der Waals surface area (Å²) in [5.41, 5.74) is 3.91. The van der Waals surface area contributed by atoms with E-state index in [9.17, 15) is 0 Å². The predicted molar refractivity (Wildman–Crippen MR) is 84.3 cm³/mol. The summed E-state index contributed by atoms with van der Waals surface area (Å²) in [5.74, 6) is 0. The van der Waals surface area contributed by atoms with E-state index in [4.69, 9.17) is 0 Å². The molecule has 0 unspecified atom stereocenters. The van der Waals surface area contributed by atoms with Crippen molar-refractivity contribution in [2.24, 2.45) is 0 Å². The Hall–Kier alpha value is -1.03. The van der Waals surface area contributed by atoms with Crippen LogP contribution in [0.1, 0.15) is 23.7 Å². The largest absolute Gasteiger partial charge is 0.348 e. The van der Waals surface area contributed by atoms with Gasteiger partial charge in [-0.3, -0.25) is 0 Å². The van der Waals surface area contributed by atoms with Crippen LogP contribution in [-0.2, 0) is 19.4 Å². The van der Waals surface area contributed by atoms with Crippen molar-refractivity contribution < 1.29 is 0 Å². The zero-order valence-electron chi connectivity index (χ0n) is 11.1. The number of imidazole rings is 1. The molecule has 0 aliphatic heterocycles. The SMILES string of the molecule is CCc1ccc(CNCCc2cnc[nH]2)cc1.Cl.Cl. The second-order valence-corrected chi connectivity index (χ2v) is 4.17. The molecule has 1 aromatic carbocycles. The standard InChI is InChI=1S/C14H19N3.2ClH/c1-2-12-3-5-13(6-4-12)9-15-8-7-14-10-16-11-17-14;;/h3-6,10-11,15H,2,7-9H2,1H3,(H,16,17);2*1H. The number of hydrogen-bond donors (Lipinski definition) is 2. The van der Waals surface area contributed by atoms with Crippen molar-refractivity contribution in [2.75, 3.05) is 6.54 Å². The average molecular weight is 302 g/mol. The van der Waals surface area contributed by atoms with Gasteiger partial charge in [-0.05, 0) is 17.5 Å². The first-order valence-electron chi connectivity index (χ1n) is 6.14. The lowest BCUT2D eigenvalue weighted by atomic mass is 10.1. The monoisotopic (exact) mass is 301 g/mol. The summed E-state index contributed by atoms with van der Waals surface area (Å²) in [6, 6.07) is 8.79. The van der Waals surface area contributed by atoms with Crippen LogP contribution in [0.4, 0.5) is 0 Å². The highest BCUT2D eigenvalue weighted by atomic mass is 35.5. The van der Waals surface area contributed by atoms with Crippen LogP contribution in [0.5, 0.6) is 0 Å². The van der Waals surface area contributed by atoms with E-state index in [1.165, 1.54) is 16.8 Å². The van der Waals surface area contributed by atoms with E-state index >= 15 is 0 Å². The molecule has 0 fully saturated rings. The van der Waals surface area contributed by atoms with E-state index in [2.05, 4.69) is 46.5 Å². The molecule has 1 aromatic heterocycles. The van der Waals surface area contributed by atoms with Gasteiger partial charge in [-0.1, -0.05) is 31.2 Å². The Bertz CT molecular complexity index is 426. The van der Waals surface area contributed by atoms with Crippen LogP contribution >= 0.6 is 24.8 Å². The number of aryl methyl sites for hydroxylation is 1. The molecule has 2 N–H and O–H groups in total. The molecule has 0 bridgehead atoms. The topological polar surface area (TPSA) is 40.7 Å². The molecule has 1 heterocycles. The number of H-pyrrole nitrogens is 1. The number of hydrogen-bond acceptors (Lipinski definition) is 2. The Morgan fingerprint density at radius 2 is 1.79 bits per heavy atom. The molecule has 0 saturated heterocycles. The first-order valence-corrected chi connectivity index (χ1v) is 6.14. The van der Waals surface area contributed by atoms with Crippen LogP contribution < -0.4 is 5.32 Å². The summed E-state index contributed by atoms with van der Waals surface area (Å²) in [5, 5.41) is 3.43. The molecule has 19 heavy (non-hydrogen) atoms. The van der Waals surface area contributed by atoms with Gasteiger partial charge >= 0.3 is 0 Å². The third-order valence-electron chi connectivity index (χ3n) is 2.89. The summed E-state index contributed by atoms with van der Waals surface area (Å²) >= 11 is 0. The Kier molecular flexibility index (Phi) is 9.31. The van der Waals surface area contributed by atoms with Crippen LogP contribution in [0.2, 0.25) is 0 Å². The van der Waals surface area contributed by atoms with E-state index in [1.807, 2.05) is 6.20 Å². The highest BCUT2D eigenvalue weighted by molar-refractivity contribution is 5.85. The molecule has 0 aliphatic carbocycles. The van der Waals surface area contributed by atoms with Crippen LogP contribution in [-0.4, -0.2) is 16.5 Å². The maximum absolute atomic E-state index is 3.99. The summed E-state index contributed by atoms with van der Waals surface area (Å²) in [6.07, 6.45) is 5.69. The quantitative estimate of drug-likeness (QED) is 0.805. The Morgan fingerprint density at radius 1 is 1.11 bits per heavy atom. The van der Waals surface area contributed by atoms with E-state index in [0.717, 1.165) is 25.9 Å². The van der Waals surface area contributed by atoms with Gasteiger partial charge in [0.2, 0.25) is 0 Å². The number of halogens is 2. The molecule has 0 amide bonds. The van der Waals surface area contributed by atoms with Gasteiger partial charge in [-0.2, -0.15) is 0 Å². The summed E-state index contributed by atoms with van der Waals surface area (Å²) in [6.45, 7) is 4.08. The number of aromatic nitrogens is 2. The summed E-state index contributed by atoms with van der Waals surface area (Å²) in [4.78, 5) is 7.09. The fraction of sp³-hybridized carbons (Fsp3) is 0.357. The minimum Gasteiger partial charge on any atom is -0.348 e. The maximum atomic E-state index is 3.99. The number of rotatable bonds is 6. The van der Waals surface area contributed by atoms with Gasteiger partial charge in [0.15, 0.2) is 0 Å². The molecule has 106 valence electrons. The van der Waals surface area contributed by atoms with Gasteiger partial charge in [0.25, 0.3) is 0 Å². The molecule has 3 nitrogen and oxygen atoms in total. The molecular formula is C14H21Cl2N3. The number of nitrogens with one attached hydrogen (secondary N) is 2. The maximum Gasteiger partial charge on any atom is 0.0921 e. The van der Waals surface area contributed by atoms with Gasteiger partial charge in [0.1, 0.15) is 0 Å². The molecule has 2 rings (SSSR count). The third-order valence-corrected chi connectivity index (χ3v) is 2.89. The van der Waals surface area contributed by atoms with Crippen molar-refractivity contribution >= 4 is 24.8 Å². The van der Waals surface area contributed by atoms with E-state index in [0.29, 0.717) is 0 Å². The van der Waals surface area contributed by atoms with Crippen LogP contribution in [0.25, 0.3) is 0 Å².